The quantitative estimate of drug-likeness (QED) is 0.742. The van der Waals surface area contributed by atoms with E-state index in [2.05, 4.69) is 15.3 Å². The number of pyridine rings is 1. The Morgan fingerprint density at radius 2 is 1.83 bits per heavy atom. The van der Waals surface area contributed by atoms with Crippen molar-refractivity contribution in [2.24, 2.45) is 0 Å². The van der Waals surface area contributed by atoms with Crippen molar-refractivity contribution in [2.45, 2.75) is 0 Å². The fourth-order valence-electron chi connectivity index (χ4n) is 1.62. The SMILES string of the molecule is Clc1cccc(Cl)c1Nc1nccc2ncsc12. The molecule has 90 valence electrons. The van der Waals surface area contributed by atoms with Gasteiger partial charge in [-0.2, -0.15) is 0 Å². The molecule has 0 saturated carbocycles. The summed E-state index contributed by atoms with van der Waals surface area (Å²) in [6.07, 6.45) is 1.70. The van der Waals surface area contributed by atoms with Gasteiger partial charge in [0.05, 0.1) is 31.5 Å². The van der Waals surface area contributed by atoms with Crippen molar-refractivity contribution < 1.29 is 0 Å². The fraction of sp³-hybridized carbons (Fsp3) is 0. The number of nitrogens with zero attached hydrogens (tertiary/aromatic N) is 2. The molecule has 0 radical (unpaired) electrons. The van der Waals surface area contributed by atoms with Crippen LogP contribution in [0.25, 0.3) is 10.2 Å². The first-order valence-electron chi connectivity index (χ1n) is 5.15. The van der Waals surface area contributed by atoms with Crippen molar-refractivity contribution in [3.8, 4) is 0 Å². The minimum Gasteiger partial charge on any atom is -0.337 e. The van der Waals surface area contributed by atoms with Crippen LogP contribution in [0.4, 0.5) is 11.5 Å². The second-order valence-corrected chi connectivity index (χ2v) is 5.25. The minimum atomic E-state index is 0.561. The molecule has 2 heterocycles. The Balaban J connectivity index is 2.09. The largest absolute Gasteiger partial charge is 0.337 e. The first-order valence-corrected chi connectivity index (χ1v) is 6.78. The number of halogens is 2. The number of rotatable bonds is 2. The molecule has 3 rings (SSSR count). The molecule has 1 N–H and O–H groups in total. The van der Waals surface area contributed by atoms with Crippen LogP contribution in [0.15, 0.2) is 36.0 Å². The highest BCUT2D eigenvalue weighted by Crippen LogP contribution is 2.34. The summed E-state index contributed by atoms with van der Waals surface area (Å²) in [7, 11) is 0. The van der Waals surface area contributed by atoms with E-state index in [1.54, 1.807) is 29.9 Å². The molecule has 0 saturated heterocycles. The molecule has 0 fully saturated rings. The summed E-state index contributed by atoms with van der Waals surface area (Å²) in [4.78, 5) is 8.54. The monoisotopic (exact) mass is 295 g/mol. The second-order valence-electron chi connectivity index (χ2n) is 3.58. The summed E-state index contributed by atoms with van der Waals surface area (Å²) < 4.78 is 0.980. The van der Waals surface area contributed by atoms with Gasteiger partial charge in [0.1, 0.15) is 5.82 Å². The molecule has 0 unspecified atom stereocenters. The van der Waals surface area contributed by atoms with Gasteiger partial charge in [-0.05, 0) is 18.2 Å². The number of hydrogen-bond acceptors (Lipinski definition) is 4. The molecule has 0 aliphatic rings. The van der Waals surface area contributed by atoms with E-state index in [-0.39, 0.29) is 0 Å². The van der Waals surface area contributed by atoms with E-state index in [0.29, 0.717) is 21.6 Å². The molecule has 18 heavy (non-hydrogen) atoms. The van der Waals surface area contributed by atoms with Gasteiger partial charge in [0.2, 0.25) is 0 Å². The third kappa shape index (κ3) is 2.03. The van der Waals surface area contributed by atoms with E-state index in [1.165, 1.54) is 11.3 Å². The van der Waals surface area contributed by atoms with Crippen LogP contribution in [0, 0.1) is 0 Å². The molecule has 0 atom stereocenters. The van der Waals surface area contributed by atoms with Crippen LogP contribution in [0.2, 0.25) is 10.0 Å². The third-order valence-corrected chi connectivity index (χ3v) is 3.93. The van der Waals surface area contributed by atoms with Crippen LogP contribution in [0.1, 0.15) is 0 Å². The van der Waals surface area contributed by atoms with E-state index >= 15 is 0 Å². The zero-order valence-electron chi connectivity index (χ0n) is 9.02. The van der Waals surface area contributed by atoms with Crippen molar-refractivity contribution in [1.29, 1.82) is 0 Å². The summed E-state index contributed by atoms with van der Waals surface area (Å²) >= 11 is 13.8. The van der Waals surface area contributed by atoms with E-state index in [0.717, 1.165) is 10.2 Å². The number of benzene rings is 1. The molecule has 0 aliphatic heterocycles. The van der Waals surface area contributed by atoms with Crippen molar-refractivity contribution in [3.05, 3.63) is 46.0 Å². The lowest BCUT2D eigenvalue weighted by atomic mass is 10.3. The second kappa shape index (κ2) is 4.72. The zero-order valence-corrected chi connectivity index (χ0v) is 11.4. The Bertz CT molecular complexity index is 691. The number of para-hydroxylation sites is 1. The smallest absolute Gasteiger partial charge is 0.150 e. The minimum absolute atomic E-state index is 0.561. The van der Waals surface area contributed by atoms with Gasteiger partial charge < -0.3 is 5.32 Å². The molecule has 1 aromatic carbocycles. The van der Waals surface area contributed by atoms with E-state index in [9.17, 15) is 0 Å². The predicted molar refractivity (Wildman–Crippen MR) is 77.2 cm³/mol. The van der Waals surface area contributed by atoms with Crippen molar-refractivity contribution >= 4 is 56.3 Å². The lowest BCUT2D eigenvalue weighted by Crippen LogP contribution is -1.95. The maximum absolute atomic E-state index is 6.12. The van der Waals surface area contributed by atoms with Gasteiger partial charge >= 0.3 is 0 Å². The Kier molecular flexibility index (Phi) is 3.07. The first kappa shape index (κ1) is 11.7. The van der Waals surface area contributed by atoms with Crippen LogP contribution in [-0.4, -0.2) is 9.97 Å². The number of hydrogen-bond donors (Lipinski definition) is 1. The molecule has 0 spiro atoms. The Hall–Kier alpha value is -1.36. The van der Waals surface area contributed by atoms with Crippen molar-refractivity contribution in [3.63, 3.8) is 0 Å². The highest BCUT2D eigenvalue weighted by Gasteiger charge is 2.09. The predicted octanol–water partition coefficient (Wildman–Crippen LogP) is 4.74. The van der Waals surface area contributed by atoms with Crippen LogP contribution in [-0.2, 0) is 0 Å². The molecule has 0 amide bonds. The topological polar surface area (TPSA) is 37.8 Å². The Morgan fingerprint density at radius 1 is 1.06 bits per heavy atom. The van der Waals surface area contributed by atoms with Crippen molar-refractivity contribution in [1.82, 2.24) is 9.97 Å². The summed E-state index contributed by atoms with van der Waals surface area (Å²) in [5.41, 5.74) is 3.35. The molecule has 3 aromatic rings. The van der Waals surface area contributed by atoms with E-state index in [1.807, 2.05) is 6.07 Å². The van der Waals surface area contributed by atoms with Gasteiger partial charge in [-0.1, -0.05) is 29.3 Å². The molecule has 0 aliphatic carbocycles. The number of aromatic nitrogens is 2. The Morgan fingerprint density at radius 3 is 2.61 bits per heavy atom. The van der Waals surface area contributed by atoms with Gasteiger partial charge in [0.15, 0.2) is 0 Å². The Labute approximate surface area is 117 Å². The van der Waals surface area contributed by atoms with Crippen LogP contribution >= 0.6 is 34.5 Å². The van der Waals surface area contributed by atoms with Crippen LogP contribution < -0.4 is 5.32 Å². The van der Waals surface area contributed by atoms with Crippen LogP contribution in [0.3, 0.4) is 0 Å². The molecular weight excluding hydrogens is 289 g/mol. The van der Waals surface area contributed by atoms with Gasteiger partial charge in [-0.15, -0.1) is 11.3 Å². The van der Waals surface area contributed by atoms with E-state index < -0.39 is 0 Å². The number of thiazole rings is 1. The first-order chi connectivity index (χ1) is 8.75. The highest BCUT2D eigenvalue weighted by atomic mass is 35.5. The van der Waals surface area contributed by atoms with Gasteiger partial charge in [0, 0.05) is 6.20 Å². The summed E-state index contributed by atoms with van der Waals surface area (Å²) in [5.74, 6) is 0.713. The average Bonchev–Trinajstić information content (AvgIpc) is 2.83. The molecule has 6 heteroatoms. The van der Waals surface area contributed by atoms with E-state index in [4.69, 9.17) is 23.2 Å². The van der Waals surface area contributed by atoms with Gasteiger partial charge in [0.25, 0.3) is 0 Å². The third-order valence-electron chi connectivity index (χ3n) is 2.45. The standard InChI is InChI=1S/C12H7Cl2N3S/c13-7-2-1-3-8(14)10(7)17-12-11-9(4-5-15-12)16-6-18-11/h1-6H,(H,15,17). The van der Waals surface area contributed by atoms with Gasteiger partial charge in [-0.3, -0.25) is 0 Å². The summed E-state index contributed by atoms with van der Waals surface area (Å²) in [6.45, 7) is 0. The lowest BCUT2D eigenvalue weighted by molar-refractivity contribution is 1.33. The summed E-state index contributed by atoms with van der Waals surface area (Å²) in [5, 5.41) is 4.29. The molecule has 0 bridgehead atoms. The number of anilines is 2. The molecule has 3 nitrogen and oxygen atoms in total. The zero-order chi connectivity index (χ0) is 12.5. The normalized spacial score (nSPS) is 10.8. The van der Waals surface area contributed by atoms with Crippen LogP contribution in [0.5, 0.6) is 0 Å². The van der Waals surface area contributed by atoms with Gasteiger partial charge in [-0.25, -0.2) is 9.97 Å². The number of fused-ring (bicyclic) bond motifs is 1. The maximum atomic E-state index is 6.12. The summed E-state index contributed by atoms with van der Waals surface area (Å²) in [6, 6.07) is 7.23. The molecular formula is C12H7Cl2N3S. The molecule has 2 aromatic heterocycles. The fourth-order valence-corrected chi connectivity index (χ4v) is 2.84. The average molecular weight is 296 g/mol. The highest BCUT2D eigenvalue weighted by molar-refractivity contribution is 7.17. The lowest BCUT2D eigenvalue weighted by Gasteiger charge is -2.09. The number of nitrogens with one attached hydrogen (secondary N) is 1. The maximum Gasteiger partial charge on any atom is 0.150 e. The van der Waals surface area contributed by atoms with Crippen molar-refractivity contribution in [2.75, 3.05) is 5.32 Å².